The largest absolute Gasteiger partial charge is 0.398 e. The molecule has 0 fully saturated rings. The van der Waals surface area contributed by atoms with Gasteiger partial charge in [0.2, 0.25) is 0 Å². The number of nitrogens with two attached hydrogens (primary N) is 1. The maximum atomic E-state index is 11.9. The summed E-state index contributed by atoms with van der Waals surface area (Å²) in [6.45, 7) is 4.37. The quantitative estimate of drug-likeness (QED) is 0.929. The minimum Gasteiger partial charge on any atom is -0.398 e. The minimum absolute atomic E-state index is 0.137. The molecule has 0 bridgehead atoms. The zero-order valence-electron chi connectivity index (χ0n) is 10.2. The van der Waals surface area contributed by atoms with Crippen LogP contribution in [0.4, 0.5) is 5.69 Å². The summed E-state index contributed by atoms with van der Waals surface area (Å²) in [5, 5.41) is 4.13. The molecule has 96 valence electrons. The molecule has 0 aromatic carbocycles. The molecule has 7 heteroatoms. The number of rotatable bonds is 3. The number of nitrogens with zero attached hydrogens (tertiary/aromatic N) is 4. The predicted molar refractivity (Wildman–Crippen MR) is 72.3 cm³/mol. The Hall–Kier alpha value is -1.63. The maximum Gasteiger partial charge on any atom is 0.265 e. The molecule has 2 aromatic rings. The highest BCUT2D eigenvalue weighted by atomic mass is 79.9. The van der Waals surface area contributed by atoms with Crippen LogP contribution in [0.25, 0.3) is 0 Å². The number of hydrogen-bond acceptors (Lipinski definition) is 4. The molecule has 0 unspecified atom stereocenters. The molecule has 0 atom stereocenters. The monoisotopic (exact) mass is 311 g/mol. The van der Waals surface area contributed by atoms with Gasteiger partial charge in [0.05, 0.1) is 11.0 Å². The molecule has 2 rings (SSSR count). The van der Waals surface area contributed by atoms with Gasteiger partial charge in [0.1, 0.15) is 12.2 Å². The van der Waals surface area contributed by atoms with Crippen molar-refractivity contribution in [2.75, 3.05) is 5.73 Å². The SMILES string of the molecule is CC(C)n1ncnc1Cn1cc(N)cc(Br)c1=O. The second-order valence-electron chi connectivity index (χ2n) is 4.27. The molecule has 0 amide bonds. The standard InChI is InChI=1S/C11H14BrN5O/c1-7(2)17-10(14-6-15-17)5-16-4-8(13)3-9(12)11(16)18/h3-4,6-7H,5,13H2,1-2H3. The first-order valence-electron chi connectivity index (χ1n) is 5.53. The number of nitrogen functional groups attached to an aromatic ring is 1. The van der Waals surface area contributed by atoms with Crippen LogP contribution >= 0.6 is 15.9 Å². The number of hydrogen-bond donors (Lipinski definition) is 1. The third-order valence-corrected chi connectivity index (χ3v) is 3.08. The lowest BCUT2D eigenvalue weighted by Crippen LogP contribution is -2.23. The van der Waals surface area contributed by atoms with Crippen molar-refractivity contribution in [3.05, 3.63) is 39.2 Å². The van der Waals surface area contributed by atoms with Gasteiger partial charge in [-0.2, -0.15) is 5.10 Å². The van der Waals surface area contributed by atoms with E-state index in [0.29, 0.717) is 16.7 Å². The highest BCUT2D eigenvalue weighted by Gasteiger charge is 2.10. The Balaban J connectivity index is 2.40. The van der Waals surface area contributed by atoms with Crippen molar-refractivity contribution in [2.45, 2.75) is 26.4 Å². The molecule has 0 saturated carbocycles. The van der Waals surface area contributed by atoms with Gasteiger partial charge in [-0.3, -0.25) is 4.79 Å². The summed E-state index contributed by atoms with van der Waals surface area (Å²) >= 11 is 3.19. The molecule has 18 heavy (non-hydrogen) atoms. The molecule has 0 spiro atoms. The van der Waals surface area contributed by atoms with Crippen molar-refractivity contribution < 1.29 is 0 Å². The van der Waals surface area contributed by atoms with Crippen LogP contribution in [0.15, 0.2) is 27.9 Å². The van der Waals surface area contributed by atoms with Crippen LogP contribution < -0.4 is 11.3 Å². The van der Waals surface area contributed by atoms with Gasteiger partial charge in [-0.05, 0) is 35.8 Å². The van der Waals surface area contributed by atoms with Crippen molar-refractivity contribution in [1.82, 2.24) is 19.3 Å². The zero-order chi connectivity index (χ0) is 13.3. The topological polar surface area (TPSA) is 78.7 Å². The normalized spacial score (nSPS) is 11.1. The van der Waals surface area contributed by atoms with Gasteiger partial charge in [0.25, 0.3) is 5.56 Å². The van der Waals surface area contributed by atoms with Crippen LogP contribution in [-0.2, 0) is 6.54 Å². The van der Waals surface area contributed by atoms with Crippen molar-refractivity contribution >= 4 is 21.6 Å². The van der Waals surface area contributed by atoms with E-state index in [1.165, 1.54) is 10.9 Å². The Labute approximate surface area is 113 Å². The van der Waals surface area contributed by atoms with E-state index in [0.717, 1.165) is 5.82 Å². The highest BCUT2D eigenvalue weighted by molar-refractivity contribution is 9.10. The van der Waals surface area contributed by atoms with Crippen LogP contribution in [0.3, 0.4) is 0 Å². The molecule has 0 aliphatic heterocycles. The lowest BCUT2D eigenvalue weighted by Gasteiger charge is -2.11. The lowest BCUT2D eigenvalue weighted by atomic mass is 10.4. The lowest BCUT2D eigenvalue weighted by molar-refractivity contribution is 0.494. The van der Waals surface area contributed by atoms with Crippen molar-refractivity contribution in [2.24, 2.45) is 0 Å². The van der Waals surface area contributed by atoms with Gasteiger partial charge in [0, 0.05) is 17.9 Å². The summed E-state index contributed by atoms with van der Waals surface area (Å²) in [5.41, 5.74) is 6.11. The van der Waals surface area contributed by atoms with E-state index in [9.17, 15) is 4.79 Å². The van der Waals surface area contributed by atoms with E-state index in [4.69, 9.17) is 5.73 Å². The first kappa shape index (κ1) is 12.8. The molecule has 0 saturated heterocycles. The summed E-state index contributed by atoms with van der Waals surface area (Å²) in [4.78, 5) is 16.1. The predicted octanol–water partition coefficient (Wildman–Crippen LogP) is 1.41. The van der Waals surface area contributed by atoms with Gasteiger partial charge >= 0.3 is 0 Å². The second-order valence-corrected chi connectivity index (χ2v) is 5.12. The van der Waals surface area contributed by atoms with E-state index >= 15 is 0 Å². The summed E-state index contributed by atoms with van der Waals surface area (Å²) in [6, 6.07) is 1.79. The Kier molecular flexibility index (Phi) is 3.51. The molecule has 2 aromatic heterocycles. The highest BCUT2D eigenvalue weighted by Crippen LogP contribution is 2.10. The molecular weight excluding hydrogens is 298 g/mol. The third kappa shape index (κ3) is 2.45. The fourth-order valence-corrected chi connectivity index (χ4v) is 2.20. The van der Waals surface area contributed by atoms with Crippen LogP contribution in [-0.4, -0.2) is 19.3 Å². The molecule has 0 aliphatic carbocycles. The van der Waals surface area contributed by atoms with Gasteiger partial charge in [0.15, 0.2) is 0 Å². The zero-order valence-corrected chi connectivity index (χ0v) is 11.8. The summed E-state index contributed by atoms with van der Waals surface area (Å²) in [6.07, 6.45) is 3.09. The number of pyridine rings is 1. The Morgan fingerprint density at radius 2 is 2.22 bits per heavy atom. The first-order chi connectivity index (χ1) is 8.49. The molecule has 2 heterocycles. The summed E-state index contributed by atoms with van der Waals surface area (Å²) in [5.74, 6) is 0.726. The van der Waals surface area contributed by atoms with Gasteiger partial charge < -0.3 is 10.3 Å². The fourth-order valence-electron chi connectivity index (χ4n) is 1.71. The van der Waals surface area contributed by atoms with Crippen molar-refractivity contribution in [3.63, 3.8) is 0 Å². The smallest absolute Gasteiger partial charge is 0.265 e. The van der Waals surface area contributed by atoms with E-state index in [2.05, 4.69) is 26.0 Å². The molecule has 0 aliphatic rings. The number of aromatic nitrogens is 4. The van der Waals surface area contributed by atoms with E-state index < -0.39 is 0 Å². The Morgan fingerprint density at radius 3 is 2.89 bits per heavy atom. The van der Waals surface area contributed by atoms with Crippen molar-refractivity contribution in [3.8, 4) is 0 Å². The van der Waals surface area contributed by atoms with E-state index in [-0.39, 0.29) is 11.6 Å². The molecule has 0 radical (unpaired) electrons. The van der Waals surface area contributed by atoms with Crippen LogP contribution in [0.2, 0.25) is 0 Å². The third-order valence-electron chi connectivity index (χ3n) is 2.51. The fraction of sp³-hybridized carbons (Fsp3) is 0.364. The van der Waals surface area contributed by atoms with Gasteiger partial charge in [-0.25, -0.2) is 9.67 Å². The van der Waals surface area contributed by atoms with Gasteiger partial charge in [-0.1, -0.05) is 0 Å². The second kappa shape index (κ2) is 4.93. The van der Waals surface area contributed by atoms with E-state index in [1.54, 1.807) is 16.9 Å². The minimum atomic E-state index is -0.137. The average Bonchev–Trinajstić information content (AvgIpc) is 2.73. The molecular formula is C11H14BrN5O. The first-order valence-corrected chi connectivity index (χ1v) is 6.32. The van der Waals surface area contributed by atoms with Crippen LogP contribution in [0.1, 0.15) is 25.7 Å². The van der Waals surface area contributed by atoms with Gasteiger partial charge in [-0.15, -0.1) is 0 Å². The Bertz CT molecular complexity index is 616. The summed E-state index contributed by atoms with van der Waals surface area (Å²) in [7, 11) is 0. The van der Waals surface area contributed by atoms with Crippen molar-refractivity contribution in [1.29, 1.82) is 0 Å². The number of anilines is 1. The van der Waals surface area contributed by atoms with Crippen LogP contribution in [0.5, 0.6) is 0 Å². The molecule has 2 N–H and O–H groups in total. The number of halogens is 1. The summed E-state index contributed by atoms with van der Waals surface area (Å²) < 4.78 is 3.74. The average molecular weight is 312 g/mol. The maximum absolute atomic E-state index is 11.9. The van der Waals surface area contributed by atoms with E-state index in [1.807, 2.05) is 13.8 Å². The molecule has 6 nitrogen and oxygen atoms in total. The van der Waals surface area contributed by atoms with Crippen LogP contribution in [0, 0.1) is 0 Å². The Morgan fingerprint density at radius 1 is 1.50 bits per heavy atom.